The molecule has 0 aliphatic heterocycles. The average molecular weight is 439 g/mol. The van der Waals surface area contributed by atoms with E-state index in [1.54, 1.807) is 0 Å². The van der Waals surface area contributed by atoms with Gasteiger partial charge in [-0.3, -0.25) is 9.79 Å². The standard InChI is InChI=1S/C17H33N3O2.HI/c1-17(2,3)22-15(21)11-6-4-5-7-12-19-16(18)20-13-14-9-8-10-14;/h14H,4-13H2,1-3H3,(H3,18,19,20);1H. The summed E-state index contributed by atoms with van der Waals surface area (Å²) in [6.07, 6.45) is 8.52. The lowest BCUT2D eigenvalue weighted by Gasteiger charge is -2.23. The van der Waals surface area contributed by atoms with Gasteiger partial charge < -0.3 is 15.8 Å². The molecule has 0 unspecified atom stereocenters. The fourth-order valence-corrected chi connectivity index (χ4v) is 2.32. The Kier molecular flexibility index (Phi) is 11.6. The zero-order valence-electron chi connectivity index (χ0n) is 14.9. The van der Waals surface area contributed by atoms with Crippen molar-refractivity contribution in [2.45, 2.75) is 77.7 Å². The molecule has 0 amide bonds. The first-order valence-electron chi connectivity index (χ1n) is 8.62. The number of hydrogen-bond acceptors (Lipinski definition) is 3. The highest BCUT2D eigenvalue weighted by Crippen LogP contribution is 2.26. The number of unbranched alkanes of at least 4 members (excludes halogenated alkanes) is 3. The summed E-state index contributed by atoms with van der Waals surface area (Å²) in [6.45, 7) is 7.41. The number of halogens is 1. The normalized spacial score (nSPS) is 15.5. The summed E-state index contributed by atoms with van der Waals surface area (Å²) < 4.78 is 5.27. The number of guanidine groups is 1. The fourth-order valence-electron chi connectivity index (χ4n) is 2.32. The van der Waals surface area contributed by atoms with E-state index in [-0.39, 0.29) is 35.5 Å². The third-order valence-electron chi connectivity index (χ3n) is 3.78. The van der Waals surface area contributed by atoms with Crippen molar-refractivity contribution in [1.82, 2.24) is 5.32 Å². The third kappa shape index (κ3) is 12.5. The van der Waals surface area contributed by atoms with Crippen LogP contribution in [0.1, 0.15) is 72.1 Å². The van der Waals surface area contributed by atoms with Crippen LogP contribution in [0.15, 0.2) is 4.99 Å². The number of nitrogens with one attached hydrogen (secondary N) is 1. The highest BCUT2D eigenvalue weighted by atomic mass is 127. The molecule has 6 heteroatoms. The van der Waals surface area contributed by atoms with E-state index in [1.807, 2.05) is 20.8 Å². The Morgan fingerprint density at radius 1 is 1.22 bits per heavy atom. The zero-order valence-corrected chi connectivity index (χ0v) is 17.2. The molecule has 0 saturated heterocycles. The number of rotatable bonds is 9. The molecule has 1 saturated carbocycles. The molecule has 0 aromatic carbocycles. The van der Waals surface area contributed by atoms with Gasteiger partial charge in [0, 0.05) is 19.5 Å². The summed E-state index contributed by atoms with van der Waals surface area (Å²) in [5, 5.41) is 3.15. The summed E-state index contributed by atoms with van der Waals surface area (Å²) in [4.78, 5) is 15.9. The number of hydrogen-bond donors (Lipinski definition) is 2. The molecule has 23 heavy (non-hydrogen) atoms. The topological polar surface area (TPSA) is 76.7 Å². The Hall–Kier alpha value is -0.530. The first-order chi connectivity index (χ1) is 10.4. The first-order valence-corrected chi connectivity index (χ1v) is 8.62. The molecular weight excluding hydrogens is 405 g/mol. The van der Waals surface area contributed by atoms with Crippen molar-refractivity contribution in [3.05, 3.63) is 0 Å². The molecule has 136 valence electrons. The maximum atomic E-state index is 11.5. The SMILES string of the molecule is CC(C)(C)OC(=O)CCCCCCNC(N)=NCC1CCC1.I. The van der Waals surface area contributed by atoms with Crippen LogP contribution < -0.4 is 11.1 Å². The molecule has 0 heterocycles. The summed E-state index contributed by atoms with van der Waals surface area (Å²) >= 11 is 0. The maximum absolute atomic E-state index is 11.5. The van der Waals surface area contributed by atoms with Gasteiger partial charge in [-0.05, 0) is 52.4 Å². The van der Waals surface area contributed by atoms with Crippen LogP contribution >= 0.6 is 24.0 Å². The second-order valence-corrected chi connectivity index (χ2v) is 7.20. The Morgan fingerprint density at radius 3 is 2.43 bits per heavy atom. The van der Waals surface area contributed by atoms with E-state index in [4.69, 9.17) is 10.5 Å². The lowest BCUT2D eigenvalue weighted by atomic mass is 9.86. The van der Waals surface area contributed by atoms with Crippen molar-refractivity contribution in [3.8, 4) is 0 Å². The van der Waals surface area contributed by atoms with Crippen LogP contribution in [0.4, 0.5) is 0 Å². The number of aliphatic imine (C=N–C) groups is 1. The minimum Gasteiger partial charge on any atom is -0.460 e. The Labute approximate surface area is 158 Å². The van der Waals surface area contributed by atoms with Crippen LogP contribution in [-0.4, -0.2) is 30.6 Å². The highest BCUT2D eigenvalue weighted by molar-refractivity contribution is 14.0. The van der Waals surface area contributed by atoms with E-state index in [0.717, 1.165) is 44.7 Å². The van der Waals surface area contributed by atoms with Gasteiger partial charge in [-0.2, -0.15) is 0 Å². The number of esters is 1. The Balaban J connectivity index is 0.00000484. The Bertz CT molecular complexity index is 363. The molecule has 1 fully saturated rings. The van der Waals surface area contributed by atoms with E-state index in [0.29, 0.717) is 12.4 Å². The molecule has 0 atom stereocenters. The van der Waals surface area contributed by atoms with Crippen molar-refractivity contribution in [2.24, 2.45) is 16.6 Å². The van der Waals surface area contributed by atoms with Crippen molar-refractivity contribution in [2.75, 3.05) is 13.1 Å². The smallest absolute Gasteiger partial charge is 0.306 e. The number of nitrogens with two attached hydrogens (primary N) is 1. The summed E-state index contributed by atoms with van der Waals surface area (Å²) in [5.74, 6) is 1.23. The molecule has 0 bridgehead atoms. The van der Waals surface area contributed by atoms with Gasteiger partial charge in [-0.25, -0.2) is 0 Å². The van der Waals surface area contributed by atoms with Crippen LogP contribution in [0.3, 0.4) is 0 Å². The van der Waals surface area contributed by atoms with Gasteiger partial charge in [0.25, 0.3) is 0 Å². The molecule has 0 radical (unpaired) electrons. The molecule has 0 aromatic rings. The number of carbonyl (C=O) groups excluding carboxylic acids is 1. The van der Waals surface area contributed by atoms with Gasteiger partial charge in [-0.1, -0.05) is 19.3 Å². The van der Waals surface area contributed by atoms with Crippen LogP contribution in [0.2, 0.25) is 0 Å². The summed E-state index contributed by atoms with van der Waals surface area (Å²) in [6, 6.07) is 0. The van der Waals surface area contributed by atoms with Gasteiger partial charge in [0.2, 0.25) is 0 Å². The average Bonchev–Trinajstić information content (AvgIpc) is 2.33. The quantitative estimate of drug-likeness (QED) is 0.189. The molecule has 1 aliphatic rings. The molecular formula is C17H34IN3O2. The lowest BCUT2D eigenvalue weighted by molar-refractivity contribution is -0.154. The van der Waals surface area contributed by atoms with E-state index in [9.17, 15) is 4.79 Å². The molecule has 0 spiro atoms. The van der Waals surface area contributed by atoms with Gasteiger partial charge in [0.1, 0.15) is 5.60 Å². The maximum Gasteiger partial charge on any atom is 0.306 e. The Morgan fingerprint density at radius 2 is 1.87 bits per heavy atom. The minimum atomic E-state index is -0.378. The van der Waals surface area contributed by atoms with E-state index in [2.05, 4.69) is 10.3 Å². The van der Waals surface area contributed by atoms with E-state index in [1.165, 1.54) is 19.3 Å². The van der Waals surface area contributed by atoms with Crippen LogP contribution in [0.5, 0.6) is 0 Å². The van der Waals surface area contributed by atoms with Crippen molar-refractivity contribution in [1.29, 1.82) is 0 Å². The monoisotopic (exact) mass is 439 g/mol. The molecule has 5 nitrogen and oxygen atoms in total. The van der Waals surface area contributed by atoms with E-state index < -0.39 is 0 Å². The minimum absolute atomic E-state index is 0. The predicted molar refractivity (Wildman–Crippen MR) is 106 cm³/mol. The third-order valence-corrected chi connectivity index (χ3v) is 3.78. The van der Waals surface area contributed by atoms with Crippen molar-refractivity contribution in [3.63, 3.8) is 0 Å². The first kappa shape index (κ1) is 22.5. The number of carbonyl (C=O) groups is 1. The predicted octanol–water partition coefficient (Wildman–Crippen LogP) is 3.60. The van der Waals surface area contributed by atoms with Crippen molar-refractivity contribution < 1.29 is 9.53 Å². The van der Waals surface area contributed by atoms with Gasteiger partial charge in [0.05, 0.1) is 0 Å². The van der Waals surface area contributed by atoms with Crippen LogP contribution in [-0.2, 0) is 9.53 Å². The number of nitrogens with zero attached hydrogens (tertiary/aromatic N) is 1. The zero-order chi connectivity index (χ0) is 16.4. The number of ether oxygens (including phenoxy) is 1. The second kappa shape index (κ2) is 11.9. The van der Waals surface area contributed by atoms with Crippen LogP contribution in [0, 0.1) is 5.92 Å². The van der Waals surface area contributed by atoms with Crippen LogP contribution in [0.25, 0.3) is 0 Å². The van der Waals surface area contributed by atoms with Crippen molar-refractivity contribution >= 4 is 35.9 Å². The molecule has 1 rings (SSSR count). The van der Waals surface area contributed by atoms with Gasteiger partial charge in [-0.15, -0.1) is 24.0 Å². The van der Waals surface area contributed by atoms with Gasteiger partial charge >= 0.3 is 5.97 Å². The molecule has 0 aromatic heterocycles. The lowest BCUT2D eigenvalue weighted by Crippen LogP contribution is -2.33. The summed E-state index contributed by atoms with van der Waals surface area (Å²) in [7, 11) is 0. The molecule has 3 N–H and O–H groups in total. The fraction of sp³-hybridized carbons (Fsp3) is 0.882. The highest BCUT2D eigenvalue weighted by Gasteiger charge is 2.16. The van der Waals surface area contributed by atoms with E-state index >= 15 is 0 Å². The van der Waals surface area contributed by atoms with Gasteiger partial charge in [0.15, 0.2) is 5.96 Å². The largest absolute Gasteiger partial charge is 0.460 e. The second-order valence-electron chi connectivity index (χ2n) is 7.20. The summed E-state index contributed by atoms with van der Waals surface area (Å²) in [5.41, 5.74) is 5.44. The molecule has 1 aliphatic carbocycles.